The highest BCUT2D eigenvalue weighted by Gasteiger charge is 2.15. The lowest BCUT2D eigenvalue weighted by Gasteiger charge is -2.18. The number of alkyl carbamates (subject to hydrolysis) is 1. The number of amides is 2. The zero-order valence-electron chi connectivity index (χ0n) is 14.0. The highest BCUT2D eigenvalue weighted by molar-refractivity contribution is 7.92. The minimum atomic E-state index is -3.41. The molecule has 3 N–H and O–H groups in total. The van der Waals surface area contributed by atoms with Crippen molar-refractivity contribution in [3.05, 3.63) is 29.8 Å². The van der Waals surface area contributed by atoms with Crippen LogP contribution in [0.3, 0.4) is 0 Å². The van der Waals surface area contributed by atoms with Crippen molar-refractivity contribution in [2.45, 2.75) is 26.3 Å². The van der Waals surface area contributed by atoms with Crippen molar-refractivity contribution in [3.8, 4) is 0 Å². The maximum absolute atomic E-state index is 11.9. The molecule has 0 fully saturated rings. The Hall–Kier alpha value is -2.29. The Morgan fingerprint density at radius 2 is 1.92 bits per heavy atom. The van der Waals surface area contributed by atoms with Crippen LogP contribution in [0.15, 0.2) is 24.3 Å². The normalized spacial score (nSPS) is 12.1. The first-order chi connectivity index (χ1) is 11.2. The van der Waals surface area contributed by atoms with Crippen LogP contribution in [0.4, 0.5) is 10.5 Å². The first-order valence-corrected chi connectivity index (χ1v) is 9.38. The van der Waals surface area contributed by atoms with Crippen molar-refractivity contribution >= 4 is 27.7 Å². The van der Waals surface area contributed by atoms with Gasteiger partial charge < -0.3 is 15.4 Å². The minimum absolute atomic E-state index is 0.0881. The SMILES string of the molecule is CCOC(=O)NCCC(=O)NC(C)c1ccccc1NS(C)(=O)=O. The average molecular weight is 357 g/mol. The van der Waals surface area contributed by atoms with Crippen molar-refractivity contribution in [2.24, 2.45) is 0 Å². The molecule has 24 heavy (non-hydrogen) atoms. The Kier molecular flexibility index (Phi) is 7.50. The number of hydrogen-bond acceptors (Lipinski definition) is 5. The molecular weight excluding hydrogens is 334 g/mol. The van der Waals surface area contributed by atoms with Crippen molar-refractivity contribution in [1.82, 2.24) is 10.6 Å². The summed E-state index contributed by atoms with van der Waals surface area (Å²) in [5.41, 5.74) is 1.06. The minimum Gasteiger partial charge on any atom is -0.450 e. The van der Waals surface area contributed by atoms with Gasteiger partial charge in [0.2, 0.25) is 15.9 Å². The summed E-state index contributed by atoms with van der Waals surface area (Å²) < 4.78 is 29.9. The summed E-state index contributed by atoms with van der Waals surface area (Å²) >= 11 is 0. The van der Waals surface area contributed by atoms with E-state index in [-0.39, 0.29) is 25.5 Å². The number of anilines is 1. The molecule has 0 saturated heterocycles. The van der Waals surface area contributed by atoms with E-state index in [9.17, 15) is 18.0 Å². The number of rotatable bonds is 8. The van der Waals surface area contributed by atoms with Crippen molar-refractivity contribution in [1.29, 1.82) is 0 Å². The standard InChI is InChI=1S/C15H23N3O5S/c1-4-23-15(20)16-10-9-14(19)17-11(2)12-7-5-6-8-13(12)18-24(3,21)22/h5-8,11,18H,4,9-10H2,1-3H3,(H,16,20)(H,17,19). The molecule has 1 unspecified atom stereocenters. The first-order valence-electron chi connectivity index (χ1n) is 7.49. The van der Waals surface area contributed by atoms with Gasteiger partial charge in [0.15, 0.2) is 0 Å². The first kappa shape index (κ1) is 19.8. The number of carbonyl (C=O) groups excluding carboxylic acids is 2. The van der Waals surface area contributed by atoms with Crippen LogP contribution in [0.1, 0.15) is 31.9 Å². The lowest BCUT2D eigenvalue weighted by molar-refractivity contribution is -0.121. The Labute approximate surface area is 142 Å². The molecule has 0 aliphatic rings. The van der Waals surface area contributed by atoms with Crippen LogP contribution in [0, 0.1) is 0 Å². The van der Waals surface area contributed by atoms with Gasteiger partial charge in [0.1, 0.15) is 0 Å². The van der Waals surface area contributed by atoms with Crippen LogP contribution in [0.5, 0.6) is 0 Å². The van der Waals surface area contributed by atoms with Gasteiger partial charge in [0.05, 0.1) is 24.6 Å². The second kappa shape index (κ2) is 9.11. The molecule has 0 aromatic heterocycles. The monoisotopic (exact) mass is 357 g/mol. The van der Waals surface area contributed by atoms with Crippen molar-refractivity contribution in [2.75, 3.05) is 24.1 Å². The number of nitrogens with one attached hydrogen (secondary N) is 3. The molecule has 9 heteroatoms. The van der Waals surface area contributed by atoms with Gasteiger partial charge in [0, 0.05) is 13.0 Å². The molecule has 1 aromatic rings. The largest absolute Gasteiger partial charge is 0.450 e. The average Bonchev–Trinajstić information content (AvgIpc) is 2.46. The molecule has 0 radical (unpaired) electrons. The third-order valence-electron chi connectivity index (χ3n) is 3.00. The number of carbonyl (C=O) groups is 2. The van der Waals surface area contributed by atoms with Gasteiger partial charge in [-0.1, -0.05) is 18.2 Å². The Bertz CT molecular complexity index is 675. The van der Waals surface area contributed by atoms with Crippen LogP contribution < -0.4 is 15.4 Å². The molecule has 134 valence electrons. The Morgan fingerprint density at radius 3 is 2.54 bits per heavy atom. The molecular formula is C15H23N3O5S. The van der Waals surface area contributed by atoms with Gasteiger partial charge >= 0.3 is 6.09 Å². The highest BCUT2D eigenvalue weighted by atomic mass is 32.2. The summed E-state index contributed by atoms with van der Waals surface area (Å²) in [6.45, 7) is 3.86. The van der Waals surface area contributed by atoms with E-state index in [1.807, 2.05) is 0 Å². The summed E-state index contributed by atoms with van der Waals surface area (Å²) in [5.74, 6) is -0.270. The third-order valence-corrected chi connectivity index (χ3v) is 3.59. The molecule has 0 spiro atoms. The number of ether oxygens (including phenoxy) is 1. The number of para-hydroxylation sites is 1. The molecule has 1 atom stereocenters. The predicted molar refractivity (Wildman–Crippen MR) is 91.1 cm³/mol. The van der Waals surface area contributed by atoms with Gasteiger partial charge in [-0.3, -0.25) is 9.52 Å². The molecule has 0 bridgehead atoms. The van der Waals surface area contributed by atoms with Crippen molar-refractivity contribution in [3.63, 3.8) is 0 Å². The van der Waals surface area contributed by atoms with Gasteiger partial charge in [-0.15, -0.1) is 0 Å². The van der Waals surface area contributed by atoms with E-state index in [0.29, 0.717) is 11.3 Å². The van der Waals surface area contributed by atoms with E-state index in [1.54, 1.807) is 38.1 Å². The molecule has 0 heterocycles. The van der Waals surface area contributed by atoms with E-state index in [0.717, 1.165) is 6.26 Å². The van der Waals surface area contributed by atoms with Crippen LogP contribution in [-0.2, 0) is 19.6 Å². The van der Waals surface area contributed by atoms with Gasteiger partial charge in [-0.05, 0) is 25.5 Å². The van der Waals surface area contributed by atoms with E-state index in [2.05, 4.69) is 20.1 Å². The summed E-state index contributed by atoms with van der Waals surface area (Å²) in [4.78, 5) is 23.0. The summed E-state index contributed by atoms with van der Waals surface area (Å²) in [6.07, 6.45) is 0.583. The van der Waals surface area contributed by atoms with E-state index in [1.165, 1.54) is 0 Å². The van der Waals surface area contributed by atoms with Gasteiger partial charge in [-0.2, -0.15) is 0 Å². The lowest BCUT2D eigenvalue weighted by Crippen LogP contribution is -2.32. The lowest BCUT2D eigenvalue weighted by atomic mass is 10.1. The van der Waals surface area contributed by atoms with Crippen molar-refractivity contribution < 1.29 is 22.7 Å². The molecule has 8 nitrogen and oxygen atoms in total. The number of benzene rings is 1. The van der Waals surface area contributed by atoms with E-state index in [4.69, 9.17) is 0 Å². The molecule has 1 aromatic carbocycles. The Balaban J connectivity index is 2.60. The fraction of sp³-hybridized carbons (Fsp3) is 0.467. The number of hydrogen-bond donors (Lipinski definition) is 3. The third kappa shape index (κ3) is 7.32. The Morgan fingerprint density at radius 1 is 1.25 bits per heavy atom. The van der Waals surface area contributed by atoms with Crippen LogP contribution in [0.2, 0.25) is 0 Å². The number of sulfonamides is 1. The zero-order chi connectivity index (χ0) is 18.2. The van der Waals surface area contributed by atoms with Crippen LogP contribution in [-0.4, -0.2) is 39.8 Å². The predicted octanol–water partition coefficient (Wildman–Crippen LogP) is 1.37. The quantitative estimate of drug-likeness (QED) is 0.650. The zero-order valence-corrected chi connectivity index (χ0v) is 14.8. The summed E-state index contributed by atoms with van der Waals surface area (Å²) in [5, 5.41) is 5.22. The second-order valence-electron chi connectivity index (χ2n) is 5.15. The fourth-order valence-electron chi connectivity index (χ4n) is 2.02. The molecule has 1 rings (SSSR count). The summed E-state index contributed by atoms with van der Waals surface area (Å²) in [7, 11) is -3.41. The van der Waals surface area contributed by atoms with Gasteiger partial charge in [-0.25, -0.2) is 13.2 Å². The maximum Gasteiger partial charge on any atom is 0.407 e. The molecule has 2 amide bonds. The summed E-state index contributed by atoms with van der Waals surface area (Å²) in [6, 6.07) is 6.42. The van der Waals surface area contributed by atoms with E-state index < -0.39 is 22.2 Å². The highest BCUT2D eigenvalue weighted by Crippen LogP contribution is 2.23. The van der Waals surface area contributed by atoms with Gasteiger partial charge in [0.25, 0.3) is 0 Å². The molecule has 0 aliphatic heterocycles. The van der Waals surface area contributed by atoms with Crippen LogP contribution in [0.25, 0.3) is 0 Å². The maximum atomic E-state index is 11.9. The van der Waals surface area contributed by atoms with E-state index >= 15 is 0 Å². The fourth-order valence-corrected chi connectivity index (χ4v) is 2.60. The smallest absolute Gasteiger partial charge is 0.407 e. The second-order valence-corrected chi connectivity index (χ2v) is 6.90. The molecule has 0 saturated carbocycles. The molecule has 0 aliphatic carbocycles. The topological polar surface area (TPSA) is 114 Å². The van der Waals surface area contributed by atoms with Crippen LogP contribution >= 0.6 is 0 Å².